The normalized spacial score (nSPS) is 11.0. The fraction of sp³-hybridized carbons (Fsp3) is 0.211. The quantitative estimate of drug-likeness (QED) is 0.570. The first kappa shape index (κ1) is 16.2. The summed E-state index contributed by atoms with van der Waals surface area (Å²) in [5, 5.41) is 5.31. The molecule has 2 aromatic carbocycles. The van der Waals surface area contributed by atoms with Crippen molar-refractivity contribution >= 4 is 23.4 Å². The third kappa shape index (κ3) is 3.46. The van der Waals surface area contributed by atoms with E-state index in [4.69, 9.17) is 11.6 Å². The van der Waals surface area contributed by atoms with Crippen LogP contribution < -0.4 is 0 Å². The number of hydrogen-bond acceptors (Lipinski definition) is 2. The minimum atomic E-state index is 0.709. The van der Waals surface area contributed by atoms with Crippen molar-refractivity contribution < 1.29 is 0 Å². The summed E-state index contributed by atoms with van der Waals surface area (Å²) in [6, 6.07) is 16.8. The Balaban J connectivity index is 1.91. The van der Waals surface area contributed by atoms with Crippen LogP contribution >= 0.6 is 23.4 Å². The molecule has 0 bridgehead atoms. The van der Waals surface area contributed by atoms with E-state index in [9.17, 15) is 0 Å². The van der Waals surface area contributed by atoms with Gasteiger partial charge in [0.2, 0.25) is 0 Å². The Hall–Kier alpha value is -1.71. The van der Waals surface area contributed by atoms with Crippen molar-refractivity contribution in [3.05, 3.63) is 70.4 Å². The van der Waals surface area contributed by atoms with Crippen LogP contribution in [-0.2, 0) is 12.8 Å². The van der Waals surface area contributed by atoms with Crippen LogP contribution in [-0.4, -0.2) is 9.78 Å². The molecule has 23 heavy (non-hydrogen) atoms. The maximum absolute atomic E-state index is 6.48. The van der Waals surface area contributed by atoms with Gasteiger partial charge in [0.25, 0.3) is 0 Å². The van der Waals surface area contributed by atoms with E-state index in [1.165, 1.54) is 16.0 Å². The van der Waals surface area contributed by atoms with Crippen LogP contribution in [0, 0.1) is 13.8 Å². The second-order valence-electron chi connectivity index (χ2n) is 5.67. The van der Waals surface area contributed by atoms with Gasteiger partial charge < -0.3 is 0 Å². The van der Waals surface area contributed by atoms with Gasteiger partial charge in [0.05, 0.1) is 5.69 Å². The fourth-order valence-corrected chi connectivity index (χ4v) is 3.91. The Labute approximate surface area is 146 Å². The standard InChI is InChI=1S/C19H19ClN2S/c1-13-9-10-17(14(2)11-13)23-12-16-18(21-22(3)19(16)20)15-7-5-4-6-8-15/h4-11H,12H2,1-3H3. The number of halogens is 1. The molecule has 0 atom stereocenters. The van der Waals surface area contributed by atoms with Gasteiger partial charge in [-0.05, 0) is 25.5 Å². The molecule has 0 unspecified atom stereocenters. The first-order chi connectivity index (χ1) is 11.1. The van der Waals surface area contributed by atoms with Gasteiger partial charge in [-0.25, -0.2) is 0 Å². The molecule has 0 aliphatic heterocycles. The van der Waals surface area contributed by atoms with E-state index in [-0.39, 0.29) is 0 Å². The molecule has 3 aromatic rings. The predicted molar refractivity (Wildman–Crippen MR) is 99.1 cm³/mol. The van der Waals surface area contributed by atoms with E-state index >= 15 is 0 Å². The number of hydrogen-bond donors (Lipinski definition) is 0. The van der Waals surface area contributed by atoms with Crippen LogP contribution in [0.15, 0.2) is 53.4 Å². The predicted octanol–water partition coefficient (Wildman–Crippen LogP) is 5.65. The molecule has 1 aromatic heterocycles. The second kappa shape index (κ2) is 6.81. The molecular formula is C19H19ClN2S. The SMILES string of the molecule is Cc1ccc(SCc2c(-c3ccccc3)nn(C)c2Cl)c(C)c1. The highest BCUT2D eigenvalue weighted by atomic mass is 35.5. The van der Waals surface area contributed by atoms with Gasteiger partial charge >= 0.3 is 0 Å². The van der Waals surface area contributed by atoms with E-state index in [0.29, 0.717) is 5.15 Å². The van der Waals surface area contributed by atoms with E-state index in [0.717, 1.165) is 22.6 Å². The average Bonchev–Trinajstić information content (AvgIpc) is 2.83. The number of benzene rings is 2. The largest absolute Gasteiger partial charge is 0.256 e. The first-order valence-electron chi connectivity index (χ1n) is 7.53. The lowest BCUT2D eigenvalue weighted by Gasteiger charge is -2.07. The summed E-state index contributed by atoms with van der Waals surface area (Å²) >= 11 is 8.29. The Morgan fingerprint density at radius 3 is 2.52 bits per heavy atom. The van der Waals surface area contributed by atoms with Crippen molar-refractivity contribution in [2.45, 2.75) is 24.5 Å². The smallest absolute Gasteiger partial charge is 0.131 e. The number of aryl methyl sites for hydroxylation is 3. The van der Waals surface area contributed by atoms with Gasteiger partial charge in [0, 0.05) is 28.8 Å². The van der Waals surface area contributed by atoms with Crippen LogP contribution in [0.4, 0.5) is 0 Å². The molecule has 0 saturated carbocycles. The molecule has 118 valence electrons. The molecule has 0 radical (unpaired) electrons. The molecule has 4 heteroatoms. The van der Waals surface area contributed by atoms with Crippen molar-refractivity contribution in [3.63, 3.8) is 0 Å². The zero-order valence-electron chi connectivity index (χ0n) is 13.5. The van der Waals surface area contributed by atoms with Crippen molar-refractivity contribution in [2.24, 2.45) is 7.05 Å². The summed E-state index contributed by atoms with van der Waals surface area (Å²) in [6.45, 7) is 4.27. The van der Waals surface area contributed by atoms with E-state index in [1.54, 1.807) is 4.68 Å². The summed E-state index contributed by atoms with van der Waals surface area (Å²) in [4.78, 5) is 1.29. The van der Waals surface area contributed by atoms with Gasteiger partial charge in [-0.2, -0.15) is 5.10 Å². The number of thioether (sulfide) groups is 1. The van der Waals surface area contributed by atoms with Crippen LogP contribution in [0.3, 0.4) is 0 Å². The first-order valence-corrected chi connectivity index (χ1v) is 8.89. The molecule has 0 N–H and O–H groups in total. The molecule has 0 spiro atoms. The lowest BCUT2D eigenvalue weighted by Crippen LogP contribution is -1.89. The maximum Gasteiger partial charge on any atom is 0.131 e. The van der Waals surface area contributed by atoms with Gasteiger partial charge in [-0.15, -0.1) is 11.8 Å². The molecule has 3 rings (SSSR count). The molecule has 1 heterocycles. The lowest BCUT2D eigenvalue weighted by molar-refractivity contribution is 0.771. The highest BCUT2D eigenvalue weighted by molar-refractivity contribution is 7.98. The molecular weight excluding hydrogens is 324 g/mol. The van der Waals surface area contributed by atoms with E-state index in [2.05, 4.69) is 49.3 Å². The van der Waals surface area contributed by atoms with Crippen molar-refractivity contribution in [3.8, 4) is 11.3 Å². The average molecular weight is 343 g/mol. The Morgan fingerprint density at radius 2 is 1.83 bits per heavy atom. The highest BCUT2D eigenvalue weighted by Crippen LogP contribution is 2.34. The lowest BCUT2D eigenvalue weighted by atomic mass is 10.1. The minimum absolute atomic E-state index is 0.709. The minimum Gasteiger partial charge on any atom is -0.256 e. The Bertz CT molecular complexity index is 825. The van der Waals surface area contributed by atoms with E-state index < -0.39 is 0 Å². The topological polar surface area (TPSA) is 17.8 Å². The summed E-state index contributed by atoms with van der Waals surface area (Å²) in [7, 11) is 1.89. The third-order valence-electron chi connectivity index (χ3n) is 3.82. The van der Waals surface area contributed by atoms with E-state index in [1.807, 2.05) is 37.0 Å². The number of aromatic nitrogens is 2. The van der Waals surface area contributed by atoms with Gasteiger partial charge in [0.15, 0.2) is 0 Å². The molecule has 0 saturated heterocycles. The molecule has 0 amide bonds. The maximum atomic E-state index is 6.48. The highest BCUT2D eigenvalue weighted by Gasteiger charge is 2.16. The van der Waals surface area contributed by atoms with Crippen molar-refractivity contribution in [1.29, 1.82) is 0 Å². The van der Waals surface area contributed by atoms with Crippen molar-refractivity contribution in [2.75, 3.05) is 0 Å². The number of nitrogens with zero attached hydrogens (tertiary/aromatic N) is 2. The number of rotatable bonds is 4. The van der Waals surface area contributed by atoms with Crippen LogP contribution in [0.25, 0.3) is 11.3 Å². The zero-order chi connectivity index (χ0) is 16.4. The monoisotopic (exact) mass is 342 g/mol. The summed E-state index contributed by atoms with van der Waals surface area (Å²) in [5.74, 6) is 0.806. The second-order valence-corrected chi connectivity index (χ2v) is 7.04. The van der Waals surface area contributed by atoms with Crippen LogP contribution in [0.1, 0.15) is 16.7 Å². The van der Waals surface area contributed by atoms with Gasteiger partial charge in [-0.1, -0.05) is 59.6 Å². The fourth-order valence-electron chi connectivity index (χ4n) is 2.61. The summed E-state index contributed by atoms with van der Waals surface area (Å²) in [6.07, 6.45) is 0. The summed E-state index contributed by atoms with van der Waals surface area (Å²) < 4.78 is 1.75. The Morgan fingerprint density at radius 1 is 1.09 bits per heavy atom. The molecule has 0 aliphatic carbocycles. The van der Waals surface area contributed by atoms with Crippen LogP contribution in [0.2, 0.25) is 5.15 Å². The van der Waals surface area contributed by atoms with Crippen LogP contribution in [0.5, 0.6) is 0 Å². The van der Waals surface area contributed by atoms with Gasteiger partial charge in [0.1, 0.15) is 5.15 Å². The third-order valence-corrected chi connectivity index (χ3v) is 5.49. The van der Waals surface area contributed by atoms with Crippen molar-refractivity contribution in [1.82, 2.24) is 9.78 Å². The Kier molecular flexibility index (Phi) is 4.79. The van der Waals surface area contributed by atoms with Gasteiger partial charge in [-0.3, -0.25) is 4.68 Å². The zero-order valence-corrected chi connectivity index (χ0v) is 15.1. The molecule has 0 aliphatic rings. The summed E-state index contributed by atoms with van der Waals surface area (Å²) in [5.41, 5.74) is 5.75. The molecule has 0 fully saturated rings. The molecule has 2 nitrogen and oxygen atoms in total.